The van der Waals surface area contributed by atoms with Gasteiger partial charge in [0.1, 0.15) is 5.01 Å². The SMILES string of the molecule is CCNC1(c2nc(C(C)C)cs2)CCN2CCC1C2. The minimum atomic E-state index is 0.152. The van der Waals surface area contributed by atoms with Gasteiger partial charge in [0.05, 0.1) is 11.2 Å². The molecule has 0 aliphatic carbocycles. The first kappa shape index (κ1) is 13.5. The van der Waals surface area contributed by atoms with Crippen LogP contribution in [-0.2, 0) is 5.54 Å². The molecule has 3 atom stereocenters. The number of nitrogens with zero attached hydrogens (tertiary/aromatic N) is 2. The molecule has 106 valence electrons. The number of aromatic nitrogens is 1. The summed E-state index contributed by atoms with van der Waals surface area (Å²) in [6, 6.07) is 0. The van der Waals surface area contributed by atoms with E-state index in [0.29, 0.717) is 5.92 Å². The molecule has 2 fully saturated rings. The molecule has 3 unspecified atom stereocenters. The summed E-state index contributed by atoms with van der Waals surface area (Å²) >= 11 is 1.87. The highest BCUT2D eigenvalue weighted by Crippen LogP contribution is 2.44. The zero-order valence-electron chi connectivity index (χ0n) is 12.3. The van der Waals surface area contributed by atoms with Crippen molar-refractivity contribution in [3.63, 3.8) is 0 Å². The topological polar surface area (TPSA) is 28.2 Å². The quantitative estimate of drug-likeness (QED) is 0.918. The summed E-state index contributed by atoms with van der Waals surface area (Å²) in [5, 5.41) is 7.42. The Hall–Kier alpha value is -0.450. The highest BCUT2D eigenvalue weighted by Gasteiger charge is 2.48. The fourth-order valence-electron chi connectivity index (χ4n) is 3.64. The highest BCUT2D eigenvalue weighted by molar-refractivity contribution is 7.09. The predicted octanol–water partition coefficient (Wildman–Crippen LogP) is 2.80. The molecule has 0 aromatic carbocycles. The Morgan fingerprint density at radius 2 is 2.37 bits per heavy atom. The Bertz CT molecular complexity index is 442. The van der Waals surface area contributed by atoms with Crippen LogP contribution in [0.5, 0.6) is 0 Å². The lowest BCUT2D eigenvalue weighted by Crippen LogP contribution is -2.53. The second kappa shape index (κ2) is 5.15. The van der Waals surface area contributed by atoms with E-state index in [-0.39, 0.29) is 5.54 Å². The number of piperidine rings is 1. The van der Waals surface area contributed by atoms with E-state index in [1.807, 2.05) is 11.3 Å². The van der Waals surface area contributed by atoms with Crippen LogP contribution in [0.15, 0.2) is 5.38 Å². The Labute approximate surface area is 120 Å². The molecule has 0 spiro atoms. The monoisotopic (exact) mass is 279 g/mol. The van der Waals surface area contributed by atoms with Gasteiger partial charge in [-0.3, -0.25) is 0 Å². The van der Waals surface area contributed by atoms with E-state index in [4.69, 9.17) is 4.98 Å². The molecular formula is C15H25N3S. The summed E-state index contributed by atoms with van der Waals surface area (Å²) in [7, 11) is 0. The first-order valence-corrected chi connectivity index (χ1v) is 8.47. The zero-order valence-corrected chi connectivity index (χ0v) is 13.1. The van der Waals surface area contributed by atoms with E-state index in [1.165, 1.54) is 43.2 Å². The summed E-state index contributed by atoms with van der Waals surface area (Å²) in [6.45, 7) is 11.5. The average molecular weight is 279 g/mol. The van der Waals surface area contributed by atoms with E-state index >= 15 is 0 Å². The van der Waals surface area contributed by atoms with Crippen molar-refractivity contribution >= 4 is 11.3 Å². The molecule has 1 N–H and O–H groups in total. The van der Waals surface area contributed by atoms with Crippen molar-refractivity contribution < 1.29 is 0 Å². The van der Waals surface area contributed by atoms with Crippen LogP contribution in [0.3, 0.4) is 0 Å². The normalized spacial score (nSPS) is 34.1. The molecule has 0 radical (unpaired) electrons. The Morgan fingerprint density at radius 1 is 1.53 bits per heavy atom. The van der Waals surface area contributed by atoms with Gasteiger partial charge in [0.25, 0.3) is 0 Å². The molecule has 3 heterocycles. The molecule has 19 heavy (non-hydrogen) atoms. The molecule has 2 aliphatic heterocycles. The fraction of sp³-hybridized carbons (Fsp3) is 0.800. The molecular weight excluding hydrogens is 254 g/mol. The van der Waals surface area contributed by atoms with Crippen LogP contribution in [0.4, 0.5) is 0 Å². The van der Waals surface area contributed by atoms with Crippen LogP contribution < -0.4 is 5.32 Å². The summed E-state index contributed by atoms with van der Waals surface area (Å²) in [6.07, 6.45) is 2.54. The average Bonchev–Trinajstić information content (AvgIpc) is 3.02. The second-order valence-corrected chi connectivity index (χ2v) is 7.13. The first-order valence-electron chi connectivity index (χ1n) is 7.59. The minimum absolute atomic E-state index is 0.152. The van der Waals surface area contributed by atoms with Gasteiger partial charge in [0.2, 0.25) is 0 Å². The van der Waals surface area contributed by atoms with Crippen LogP contribution in [0, 0.1) is 5.92 Å². The van der Waals surface area contributed by atoms with Crippen LogP contribution in [0.25, 0.3) is 0 Å². The molecule has 0 amide bonds. The van der Waals surface area contributed by atoms with Crippen molar-refractivity contribution in [1.29, 1.82) is 0 Å². The van der Waals surface area contributed by atoms with E-state index in [2.05, 4.69) is 36.4 Å². The van der Waals surface area contributed by atoms with Crippen LogP contribution in [0.2, 0.25) is 0 Å². The largest absolute Gasteiger partial charge is 0.305 e. The van der Waals surface area contributed by atoms with Gasteiger partial charge in [0.15, 0.2) is 0 Å². The van der Waals surface area contributed by atoms with Gasteiger partial charge >= 0.3 is 0 Å². The smallest absolute Gasteiger partial charge is 0.113 e. The van der Waals surface area contributed by atoms with Gasteiger partial charge in [-0.05, 0) is 37.8 Å². The van der Waals surface area contributed by atoms with E-state index < -0.39 is 0 Å². The first-order chi connectivity index (χ1) is 9.15. The van der Waals surface area contributed by atoms with Gasteiger partial charge in [-0.15, -0.1) is 11.3 Å². The van der Waals surface area contributed by atoms with Crippen LogP contribution in [0.1, 0.15) is 50.2 Å². The lowest BCUT2D eigenvalue weighted by atomic mass is 9.79. The van der Waals surface area contributed by atoms with Gasteiger partial charge in [-0.25, -0.2) is 4.98 Å². The number of hydrogen-bond acceptors (Lipinski definition) is 4. The maximum Gasteiger partial charge on any atom is 0.113 e. The van der Waals surface area contributed by atoms with Crippen LogP contribution in [-0.4, -0.2) is 36.1 Å². The Morgan fingerprint density at radius 3 is 3.05 bits per heavy atom. The van der Waals surface area contributed by atoms with Gasteiger partial charge in [-0.1, -0.05) is 20.8 Å². The molecule has 1 aromatic heterocycles. The summed E-state index contributed by atoms with van der Waals surface area (Å²) in [5.41, 5.74) is 1.41. The summed E-state index contributed by atoms with van der Waals surface area (Å²) in [5.74, 6) is 1.28. The summed E-state index contributed by atoms with van der Waals surface area (Å²) in [4.78, 5) is 7.59. The van der Waals surface area contributed by atoms with Gasteiger partial charge in [0, 0.05) is 18.5 Å². The number of nitrogens with one attached hydrogen (secondary N) is 1. The van der Waals surface area contributed by atoms with Gasteiger partial charge in [-0.2, -0.15) is 0 Å². The Kier molecular flexibility index (Phi) is 3.67. The molecule has 4 heteroatoms. The van der Waals surface area contributed by atoms with Crippen molar-refractivity contribution in [1.82, 2.24) is 15.2 Å². The zero-order chi connectivity index (χ0) is 13.5. The minimum Gasteiger partial charge on any atom is -0.305 e. The molecule has 2 aliphatic rings. The molecule has 1 aromatic rings. The lowest BCUT2D eigenvalue weighted by molar-refractivity contribution is 0.131. The van der Waals surface area contributed by atoms with E-state index in [9.17, 15) is 0 Å². The highest BCUT2D eigenvalue weighted by atomic mass is 32.1. The van der Waals surface area contributed by atoms with Gasteiger partial charge < -0.3 is 10.2 Å². The maximum atomic E-state index is 4.98. The predicted molar refractivity (Wildman–Crippen MR) is 80.7 cm³/mol. The Balaban J connectivity index is 1.94. The fourth-order valence-corrected chi connectivity index (χ4v) is 4.90. The third-order valence-electron chi connectivity index (χ3n) is 4.78. The van der Waals surface area contributed by atoms with Crippen molar-refractivity contribution in [3.05, 3.63) is 16.1 Å². The molecule has 0 saturated carbocycles. The standard InChI is InChI=1S/C15H25N3S/c1-4-16-15(6-8-18-7-5-12(15)9-18)14-17-13(10-19-14)11(2)3/h10-12,16H,4-9H2,1-3H3. The van der Waals surface area contributed by atoms with Crippen molar-refractivity contribution in [3.8, 4) is 0 Å². The number of hydrogen-bond donors (Lipinski definition) is 1. The molecule has 2 saturated heterocycles. The number of thiazole rings is 1. The molecule has 2 bridgehead atoms. The van der Waals surface area contributed by atoms with Crippen molar-refractivity contribution in [2.24, 2.45) is 5.92 Å². The van der Waals surface area contributed by atoms with Crippen LogP contribution >= 0.6 is 11.3 Å². The van der Waals surface area contributed by atoms with E-state index in [1.54, 1.807) is 0 Å². The van der Waals surface area contributed by atoms with E-state index in [0.717, 1.165) is 12.5 Å². The third-order valence-corrected chi connectivity index (χ3v) is 5.82. The molecule has 3 rings (SSSR count). The number of fused-ring (bicyclic) bond motifs is 2. The third kappa shape index (κ3) is 2.24. The maximum absolute atomic E-state index is 4.98. The van der Waals surface area contributed by atoms with Crippen molar-refractivity contribution in [2.75, 3.05) is 26.2 Å². The molecule has 3 nitrogen and oxygen atoms in total. The number of rotatable bonds is 4. The second-order valence-electron chi connectivity index (χ2n) is 6.27. The lowest BCUT2D eigenvalue weighted by Gasteiger charge is -2.42. The summed E-state index contributed by atoms with van der Waals surface area (Å²) < 4.78 is 0. The van der Waals surface area contributed by atoms with Crippen molar-refractivity contribution in [2.45, 2.75) is 45.1 Å².